The highest BCUT2D eigenvalue weighted by molar-refractivity contribution is 6.62. The van der Waals surface area contributed by atoms with Crippen molar-refractivity contribution < 1.29 is 12.9 Å². The van der Waals surface area contributed by atoms with Gasteiger partial charge in [0, 0.05) is 2.85 Å². The molecule has 0 fully saturated rings. The summed E-state index contributed by atoms with van der Waals surface area (Å²) in [5.41, 5.74) is 3.26. The molecule has 2 aromatic rings. The van der Waals surface area contributed by atoms with Crippen LogP contribution in [0.25, 0.3) is 10.8 Å². The third-order valence-corrected chi connectivity index (χ3v) is 3.19. The fraction of sp³-hybridized carbons (Fsp3) is 0.167. The zero-order valence-corrected chi connectivity index (χ0v) is 8.27. The molecule has 3 rings (SSSR count). The van der Waals surface area contributed by atoms with Gasteiger partial charge in [0.25, 0.3) is 0 Å². The first-order valence-electron chi connectivity index (χ1n) is 5.17. The second-order valence-electron chi connectivity index (χ2n) is 4.03. The molecule has 2 N–H and O–H groups in total. The summed E-state index contributed by atoms with van der Waals surface area (Å²) >= 11 is 0. The number of rotatable bonds is 1. The minimum Gasteiger partial charge on any atom is -0.423 e. The second-order valence-corrected chi connectivity index (χ2v) is 4.03. The topological polar surface area (TPSA) is 40.5 Å². The van der Waals surface area contributed by atoms with Gasteiger partial charge in [-0.05, 0) is 40.2 Å². The van der Waals surface area contributed by atoms with Crippen molar-refractivity contribution in [3.05, 3.63) is 41.5 Å². The Bertz CT molecular complexity index is 533. The van der Waals surface area contributed by atoms with Gasteiger partial charge >= 0.3 is 7.12 Å². The number of hydrogen-bond donors (Lipinski definition) is 2. The highest BCUT2D eigenvalue weighted by atomic mass is 16.4. The van der Waals surface area contributed by atoms with Crippen LogP contribution in [0.2, 0.25) is 0 Å². The molecule has 3 heteroatoms. The van der Waals surface area contributed by atoms with Gasteiger partial charge in [0.15, 0.2) is 0 Å². The van der Waals surface area contributed by atoms with E-state index >= 15 is 0 Å². The quantitative estimate of drug-likeness (QED) is 0.680. The van der Waals surface area contributed by atoms with Crippen molar-refractivity contribution in [3.63, 3.8) is 0 Å². The van der Waals surface area contributed by atoms with Gasteiger partial charge in [0.2, 0.25) is 0 Å². The molecule has 0 heterocycles. The molecule has 0 unspecified atom stereocenters. The first-order chi connectivity index (χ1) is 7.27. The first-order valence-corrected chi connectivity index (χ1v) is 5.17. The zero-order valence-electron chi connectivity index (χ0n) is 8.27. The van der Waals surface area contributed by atoms with Gasteiger partial charge in [0.1, 0.15) is 0 Å². The van der Waals surface area contributed by atoms with E-state index in [0.717, 1.165) is 18.2 Å². The largest absolute Gasteiger partial charge is 0.489 e. The van der Waals surface area contributed by atoms with Gasteiger partial charge in [-0.15, -0.1) is 0 Å². The smallest absolute Gasteiger partial charge is 0.423 e. The van der Waals surface area contributed by atoms with Crippen molar-refractivity contribution in [1.29, 1.82) is 0 Å². The minimum absolute atomic E-state index is 0. The molecule has 0 aromatic heterocycles. The van der Waals surface area contributed by atoms with Crippen LogP contribution in [0, 0.1) is 0 Å². The normalized spacial score (nSPS) is 13.5. The van der Waals surface area contributed by atoms with E-state index in [-0.39, 0.29) is 2.85 Å². The van der Waals surface area contributed by atoms with Crippen molar-refractivity contribution in [2.24, 2.45) is 0 Å². The zero-order chi connectivity index (χ0) is 10.4. The molecule has 1 aliphatic carbocycles. The van der Waals surface area contributed by atoms with Crippen LogP contribution in [-0.2, 0) is 12.8 Å². The van der Waals surface area contributed by atoms with Crippen LogP contribution in [0.5, 0.6) is 0 Å². The van der Waals surface area contributed by atoms with E-state index in [1.807, 2.05) is 24.3 Å². The van der Waals surface area contributed by atoms with Crippen molar-refractivity contribution in [2.75, 3.05) is 0 Å². The molecular weight excluding hydrogens is 187 g/mol. The Morgan fingerprint density at radius 2 is 1.73 bits per heavy atom. The van der Waals surface area contributed by atoms with Crippen LogP contribution in [-0.4, -0.2) is 17.2 Å². The summed E-state index contributed by atoms with van der Waals surface area (Å²) in [5.74, 6) is 0. The van der Waals surface area contributed by atoms with Gasteiger partial charge in [-0.2, -0.15) is 0 Å². The lowest BCUT2D eigenvalue weighted by Crippen LogP contribution is -2.30. The summed E-state index contributed by atoms with van der Waals surface area (Å²) < 4.78 is 0. The fourth-order valence-electron chi connectivity index (χ4n) is 2.49. The maximum absolute atomic E-state index is 9.28. The molecule has 0 saturated heterocycles. The highest BCUT2D eigenvalue weighted by Gasteiger charge is 2.20. The Balaban J connectivity index is 0.000000722. The minimum atomic E-state index is -1.38. The monoisotopic (exact) mass is 202 g/mol. The molecule has 0 aliphatic heterocycles. The molecule has 15 heavy (non-hydrogen) atoms. The fourth-order valence-corrected chi connectivity index (χ4v) is 2.49. The van der Waals surface area contributed by atoms with Gasteiger partial charge in [-0.1, -0.05) is 30.3 Å². The first kappa shape index (κ1) is 8.95. The molecule has 0 bridgehead atoms. The highest BCUT2D eigenvalue weighted by Crippen LogP contribution is 2.29. The number of hydrogen-bond acceptors (Lipinski definition) is 2. The van der Waals surface area contributed by atoms with Gasteiger partial charge in [-0.3, -0.25) is 0 Å². The van der Waals surface area contributed by atoms with E-state index in [9.17, 15) is 10.0 Å². The van der Waals surface area contributed by atoms with Crippen LogP contribution < -0.4 is 5.46 Å². The molecule has 0 saturated carbocycles. The Labute approximate surface area is 91.3 Å². The molecule has 0 atom stereocenters. The van der Waals surface area contributed by atoms with Crippen molar-refractivity contribution >= 4 is 23.4 Å². The predicted octanol–water partition coefficient (Wildman–Crippen LogP) is 1.11. The maximum Gasteiger partial charge on any atom is 0.489 e. The van der Waals surface area contributed by atoms with E-state index in [2.05, 4.69) is 6.07 Å². The molecular formula is C12H15BO2. The average Bonchev–Trinajstić information content (AvgIpc) is 2.64. The Hall–Kier alpha value is -1.32. The lowest BCUT2D eigenvalue weighted by atomic mass is 9.76. The average molecular weight is 202 g/mol. The summed E-state index contributed by atoms with van der Waals surface area (Å²) in [7, 11) is -1.38. The van der Waals surface area contributed by atoms with E-state index in [1.54, 1.807) is 0 Å². The predicted molar refractivity (Wildman–Crippen MR) is 65.4 cm³/mol. The van der Waals surface area contributed by atoms with Gasteiger partial charge in [0.05, 0.1) is 0 Å². The van der Waals surface area contributed by atoms with Crippen molar-refractivity contribution in [1.82, 2.24) is 0 Å². The Morgan fingerprint density at radius 1 is 1.00 bits per heavy atom. The van der Waals surface area contributed by atoms with Crippen LogP contribution >= 0.6 is 0 Å². The maximum atomic E-state index is 9.28. The number of aryl methyl sites for hydroxylation is 2. The second kappa shape index (κ2) is 3.09. The molecule has 78 valence electrons. The van der Waals surface area contributed by atoms with Crippen LogP contribution in [0.15, 0.2) is 30.3 Å². The Kier molecular flexibility index (Phi) is 1.84. The molecule has 0 radical (unpaired) electrons. The third-order valence-electron chi connectivity index (χ3n) is 3.19. The lowest BCUT2D eigenvalue weighted by Gasteiger charge is -2.07. The van der Waals surface area contributed by atoms with Crippen molar-refractivity contribution in [2.45, 2.75) is 12.8 Å². The standard InChI is InChI=1S/C12H11BO2.2H2/c14-13(15)11-7-6-9-5-4-8-2-1-3-10(11)12(8)9;;/h1-3,6-7,14-15H,4-5H2;2*1H. The summed E-state index contributed by atoms with van der Waals surface area (Å²) in [6.45, 7) is 0. The van der Waals surface area contributed by atoms with Crippen LogP contribution in [0.1, 0.15) is 14.0 Å². The molecule has 2 aromatic carbocycles. The van der Waals surface area contributed by atoms with Gasteiger partial charge in [-0.25, -0.2) is 0 Å². The lowest BCUT2D eigenvalue weighted by molar-refractivity contribution is 0.426. The summed E-state index contributed by atoms with van der Waals surface area (Å²) in [4.78, 5) is 0. The summed E-state index contributed by atoms with van der Waals surface area (Å²) in [6, 6.07) is 9.89. The van der Waals surface area contributed by atoms with E-state index in [1.165, 1.54) is 16.5 Å². The molecule has 0 amide bonds. The number of benzene rings is 2. The molecule has 1 aliphatic rings. The summed E-state index contributed by atoms with van der Waals surface area (Å²) in [6.07, 6.45) is 2.13. The molecule has 2 nitrogen and oxygen atoms in total. The van der Waals surface area contributed by atoms with Gasteiger partial charge < -0.3 is 10.0 Å². The van der Waals surface area contributed by atoms with E-state index in [0.29, 0.717) is 5.46 Å². The summed E-state index contributed by atoms with van der Waals surface area (Å²) in [5, 5.41) is 20.8. The molecule has 0 spiro atoms. The SMILES string of the molecule is OB(O)c1ccc2c3c(cccc13)CC2.[HH].[HH]. The Morgan fingerprint density at radius 3 is 2.47 bits per heavy atom. The third kappa shape index (κ3) is 1.20. The van der Waals surface area contributed by atoms with Crippen LogP contribution in [0.3, 0.4) is 0 Å². The van der Waals surface area contributed by atoms with E-state index < -0.39 is 7.12 Å². The van der Waals surface area contributed by atoms with E-state index in [4.69, 9.17) is 0 Å². The van der Waals surface area contributed by atoms with Crippen LogP contribution in [0.4, 0.5) is 0 Å². The van der Waals surface area contributed by atoms with Crippen molar-refractivity contribution in [3.8, 4) is 0 Å².